The summed E-state index contributed by atoms with van der Waals surface area (Å²) in [6.45, 7) is 6.47. The number of aryl methyl sites for hydroxylation is 4. The topological polar surface area (TPSA) is 3.88 Å². The third kappa shape index (κ3) is 1.85. The summed E-state index contributed by atoms with van der Waals surface area (Å²) in [5, 5.41) is 0. The third-order valence-corrected chi connectivity index (χ3v) is 3.03. The summed E-state index contributed by atoms with van der Waals surface area (Å²) in [6, 6.07) is 10.9. The first-order chi connectivity index (χ1) is 7.59. The minimum absolute atomic E-state index is 1.31. The van der Waals surface area contributed by atoms with Gasteiger partial charge in [0.1, 0.15) is 7.05 Å². The maximum atomic E-state index is 2.26. The van der Waals surface area contributed by atoms with E-state index in [9.17, 15) is 0 Å². The number of nitrogens with zero attached hydrogens (tertiary/aromatic N) is 1. The standard InChI is InChI=1S/C15H18N/c1-11-7-8-12(2)14(10-11)15-13(3)6-5-9-16(15)4/h5-10H,1-4H3/q+1. The molecule has 0 aliphatic heterocycles. The number of pyridine rings is 1. The number of rotatable bonds is 1. The van der Waals surface area contributed by atoms with Crippen molar-refractivity contribution in [2.75, 3.05) is 0 Å². The van der Waals surface area contributed by atoms with Gasteiger partial charge in [-0.15, -0.1) is 0 Å². The van der Waals surface area contributed by atoms with Gasteiger partial charge in [0, 0.05) is 17.2 Å². The quantitative estimate of drug-likeness (QED) is 0.639. The lowest BCUT2D eigenvalue weighted by molar-refractivity contribution is -0.660. The van der Waals surface area contributed by atoms with Gasteiger partial charge in [0.25, 0.3) is 0 Å². The van der Waals surface area contributed by atoms with Gasteiger partial charge in [-0.2, -0.15) is 0 Å². The van der Waals surface area contributed by atoms with Gasteiger partial charge < -0.3 is 0 Å². The molecule has 0 spiro atoms. The Balaban J connectivity index is 2.72. The summed E-state index contributed by atoms with van der Waals surface area (Å²) in [5.41, 5.74) is 6.60. The molecule has 0 fully saturated rings. The molecule has 2 rings (SSSR count). The number of hydrogen-bond acceptors (Lipinski definition) is 0. The summed E-state index contributed by atoms with van der Waals surface area (Å²) < 4.78 is 2.19. The zero-order valence-corrected chi connectivity index (χ0v) is 10.4. The number of hydrogen-bond donors (Lipinski definition) is 0. The van der Waals surface area contributed by atoms with E-state index < -0.39 is 0 Å². The summed E-state index contributed by atoms with van der Waals surface area (Å²) >= 11 is 0. The van der Waals surface area contributed by atoms with Crippen molar-refractivity contribution < 1.29 is 4.57 Å². The first kappa shape index (κ1) is 10.9. The lowest BCUT2D eigenvalue weighted by Gasteiger charge is -2.07. The van der Waals surface area contributed by atoms with Crippen molar-refractivity contribution in [2.24, 2.45) is 7.05 Å². The Morgan fingerprint density at radius 1 is 0.938 bits per heavy atom. The van der Waals surface area contributed by atoms with Gasteiger partial charge in [-0.1, -0.05) is 17.7 Å². The van der Waals surface area contributed by atoms with Crippen molar-refractivity contribution in [3.63, 3.8) is 0 Å². The van der Waals surface area contributed by atoms with Crippen LogP contribution in [0.25, 0.3) is 11.3 Å². The highest BCUT2D eigenvalue weighted by Gasteiger charge is 2.14. The summed E-state index contributed by atoms with van der Waals surface area (Å²) in [5.74, 6) is 0. The molecule has 16 heavy (non-hydrogen) atoms. The largest absolute Gasteiger partial charge is 0.215 e. The highest BCUT2D eigenvalue weighted by molar-refractivity contribution is 5.64. The highest BCUT2D eigenvalue weighted by Crippen LogP contribution is 2.23. The third-order valence-electron chi connectivity index (χ3n) is 3.03. The molecule has 0 atom stereocenters. The highest BCUT2D eigenvalue weighted by atomic mass is 14.9. The van der Waals surface area contributed by atoms with Gasteiger partial charge in [-0.25, -0.2) is 4.57 Å². The minimum atomic E-state index is 1.31. The van der Waals surface area contributed by atoms with Gasteiger partial charge >= 0.3 is 0 Å². The van der Waals surface area contributed by atoms with Gasteiger partial charge in [-0.05, 0) is 38.5 Å². The minimum Gasteiger partial charge on any atom is -0.201 e. The predicted octanol–water partition coefficient (Wildman–Crippen LogP) is 3.10. The Morgan fingerprint density at radius 3 is 2.38 bits per heavy atom. The van der Waals surface area contributed by atoms with Crippen LogP contribution in [0.3, 0.4) is 0 Å². The Bertz CT molecular complexity index is 507. The van der Waals surface area contributed by atoms with Crippen molar-refractivity contribution in [3.05, 3.63) is 53.2 Å². The van der Waals surface area contributed by atoms with Crippen LogP contribution >= 0.6 is 0 Å². The molecule has 1 aromatic heterocycles. The van der Waals surface area contributed by atoms with E-state index in [1.54, 1.807) is 0 Å². The normalized spacial score (nSPS) is 10.5. The Kier molecular flexibility index (Phi) is 2.78. The van der Waals surface area contributed by atoms with E-state index in [1.165, 1.54) is 27.9 Å². The molecule has 0 N–H and O–H groups in total. The van der Waals surface area contributed by atoms with Crippen LogP contribution < -0.4 is 4.57 Å². The SMILES string of the molecule is Cc1ccc(C)c(-c2c(C)ccc[n+]2C)c1. The molecule has 0 unspecified atom stereocenters. The van der Waals surface area contributed by atoms with Crippen molar-refractivity contribution >= 4 is 0 Å². The van der Waals surface area contributed by atoms with Gasteiger partial charge in [0.15, 0.2) is 6.20 Å². The number of aromatic nitrogens is 1. The fourth-order valence-electron chi connectivity index (χ4n) is 2.14. The molecule has 1 heterocycles. The Morgan fingerprint density at radius 2 is 1.69 bits per heavy atom. The average Bonchev–Trinajstić information content (AvgIpc) is 2.23. The molecule has 0 aliphatic rings. The molecular weight excluding hydrogens is 194 g/mol. The van der Waals surface area contributed by atoms with Gasteiger partial charge in [-0.3, -0.25) is 0 Å². The summed E-state index contributed by atoms with van der Waals surface area (Å²) in [4.78, 5) is 0. The van der Waals surface area contributed by atoms with Crippen molar-refractivity contribution in [3.8, 4) is 11.3 Å². The fourth-order valence-corrected chi connectivity index (χ4v) is 2.14. The second kappa shape index (κ2) is 4.09. The Hall–Kier alpha value is -1.63. The fraction of sp³-hybridized carbons (Fsp3) is 0.267. The maximum Gasteiger partial charge on any atom is 0.215 e. The van der Waals surface area contributed by atoms with Crippen molar-refractivity contribution in [2.45, 2.75) is 20.8 Å². The van der Waals surface area contributed by atoms with Crippen LogP contribution in [-0.2, 0) is 7.05 Å². The second-order valence-corrected chi connectivity index (χ2v) is 4.47. The van der Waals surface area contributed by atoms with Crippen LogP contribution in [0.15, 0.2) is 36.5 Å². The molecule has 0 radical (unpaired) electrons. The Labute approximate surface area is 97.4 Å². The predicted molar refractivity (Wildman–Crippen MR) is 67.3 cm³/mol. The van der Waals surface area contributed by atoms with Crippen LogP contribution in [0, 0.1) is 20.8 Å². The lowest BCUT2D eigenvalue weighted by Crippen LogP contribution is -2.31. The molecular formula is C15H18N+. The van der Waals surface area contributed by atoms with Crippen molar-refractivity contribution in [1.82, 2.24) is 0 Å². The molecule has 1 heteroatoms. The van der Waals surface area contributed by atoms with E-state index in [1.807, 2.05) is 0 Å². The molecule has 0 saturated heterocycles. The molecule has 1 nitrogen and oxygen atoms in total. The molecule has 0 saturated carbocycles. The first-order valence-electron chi connectivity index (χ1n) is 5.62. The second-order valence-electron chi connectivity index (χ2n) is 4.47. The molecule has 1 aromatic carbocycles. The summed E-state index contributed by atoms with van der Waals surface area (Å²) in [6.07, 6.45) is 2.10. The molecule has 0 aliphatic carbocycles. The van der Waals surface area contributed by atoms with Crippen LogP contribution in [0.5, 0.6) is 0 Å². The van der Waals surface area contributed by atoms with Gasteiger partial charge in [0.2, 0.25) is 5.69 Å². The average molecular weight is 212 g/mol. The van der Waals surface area contributed by atoms with E-state index >= 15 is 0 Å². The zero-order chi connectivity index (χ0) is 11.7. The molecule has 82 valence electrons. The van der Waals surface area contributed by atoms with Crippen LogP contribution in [0.2, 0.25) is 0 Å². The van der Waals surface area contributed by atoms with Crippen LogP contribution in [0.4, 0.5) is 0 Å². The zero-order valence-electron chi connectivity index (χ0n) is 10.4. The van der Waals surface area contributed by atoms with Gasteiger partial charge in [0.05, 0.1) is 0 Å². The van der Waals surface area contributed by atoms with E-state index in [-0.39, 0.29) is 0 Å². The smallest absolute Gasteiger partial charge is 0.201 e. The monoisotopic (exact) mass is 212 g/mol. The summed E-state index contributed by atoms with van der Waals surface area (Å²) in [7, 11) is 2.10. The van der Waals surface area contributed by atoms with Crippen molar-refractivity contribution in [1.29, 1.82) is 0 Å². The molecule has 0 bridgehead atoms. The molecule has 2 aromatic rings. The maximum absolute atomic E-state index is 2.26. The van der Waals surface area contributed by atoms with E-state index in [0.29, 0.717) is 0 Å². The van der Waals surface area contributed by atoms with Crippen LogP contribution in [-0.4, -0.2) is 0 Å². The van der Waals surface area contributed by atoms with E-state index in [2.05, 4.69) is 68.9 Å². The number of benzene rings is 1. The van der Waals surface area contributed by atoms with E-state index in [0.717, 1.165) is 0 Å². The van der Waals surface area contributed by atoms with Crippen LogP contribution in [0.1, 0.15) is 16.7 Å². The lowest BCUT2D eigenvalue weighted by atomic mass is 9.99. The first-order valence-corrected chi connectivity index (χ1v) is 5.62. The molecule has 0 amide bonds. The van der Waals surface area contributed by atoms with E-state index in [4.69, 9.17) is 0 Å².